The maximum atomic E-state index is 12.0. The number of carbonyl (C=O) groups is 1. The first kappa shape index (κ1) is 19.9. The SMILES string of the molecule is O=C(C=Cc1ccc(-c2ccc(Cl)cc2Cl)o1)NC(=S)NNc1ccccc1. The van der Waals surface area contributed by atoms with Crippen LogP contribution in [-0.4, -0.2) is 11.0 Å². The van der Waals surface area contributed by atoms with Crippen LogP contribution in [0.25, 0.3) is 17.4 Å². The summed E-state index contributed by atoms with van der Waals surface area (Å²) in [4.78, 5) is 12.0. The summed E-state index contributed by atoms with van der Waals surface area (Å²) in [6.45, 7) is 0. The molecule has 0 spiro atoms. The lowest BCUT2D eigenvalue weighted by molar-refractivity contribution is -0.115. The quantitative estimate of drug-likeness (QED) is 0.291. The van der Waals surface area contributed by atoms with Gasteiger partial charge in [0.05, 0.1) is 10.7 Å². The fourth-order valence-corrected chi connectivity index (χ4v) is 2.92. The van der Waals surface area contributed by atoms with Gasteiger partial charge in [-0.3, -0.25) is 21.0 Å². The van der Waals surface area contributed by atoms with Gasteiger partial charge >= 0.3 is 0 Å². The van der Waals surface area contributed by atoms with E-state index in [2.05, 4.69) is 16.2 Å². The molecule has 0 saturated carbocycles. The molecule has 0 radical (unpaired) electrons. The molecule has 3 rings (SSSR count). The van der Waals surface area contributed by atoms with Crippen LogP contribution in [0.2, 0.25) is 10.0 Å². The molecule has 3 N–H and O–H groups in total. The number of para-hydroxylation sites is 1. The average Bonchev–Trinajstić information content (AvgIpc) is 3.14. The van der Waals surface area contributed by atoms with Crippen LogP contribution in [0.5, 0.6) is 0 Å². The monoisotopic (exact) mass is 431 g/mol. The van der Waals surface area contributed by atoms with Gasteiger partial charge in [0, 0.05) is 16.7 Å². The molecule has 0 fully saturated rings. The average molecular weight is 432 g/mol. The minimum absolute atomic E-state index is 0.145. The molecule has 28 heavy (non-hydrogen) atoms. The third kappa shape index (κ3) is 5.60. The van der Waals surface area contributed by atoms with Crippen molar-refractivity contribution in [1.29, 1.82) is 0 Å². The van der Waals surface area contributed by atoms with Gasteiger partial charge in [0.15, 0.2) is 5.11 Å². The van der Waals surface area contributed by atoms with Crippen LogP contribution in [0.15, 0.2) is 71.2 Å². The van der Waals surface area contributed by atoms with Crippen molar-refractivity contribution in [1.82, 2.24) is 10.7 Å². The van der Waals surface area contributed by atoms with Gasteiger partial charge in [0.25, 0.3) is 0 Å². The number of benzene rings is 2. The van der Waals surface area contributed by atoms with E-state index < -0.39 is 5.91 Å². The largest absolute Gasteiger partial charge is 0.457 e. The highest BCUT2D eigenvalue weighted by atomic mass is 35.5. The van der Waals surface area contributed by atoms with Crippen molar-refractivity contribution < 1.29 is 9.21 Å². The lowest BCUT2D eigenvalue weighted by atomic mass is 10.2. The minimum Gasteiger partial charge on any atom is -0.457 e. The second kappa shape index (κ2) is 9.41. The minimum atomic E-state index is -0.394. The molecular formula is C20H15Cl2N3O2S. The van der Waals surface area contributed by atoms with Crippen LogP contribution in [0.4, 0.5) is 5.69 Å². The van der Waals surface area contributed by atoms with E-state index in [9.17, 15) is 4.79 Å². The number of rotatable bonds is 5. The zero-order valence-electron chi connectivity index (χ0n) is 14.4. The number of thiocarbonyl (C=S) groups is 1. The molecule has 1 amide bonds. The Morgan fingerprint density at radius 3 is 2.57 bits per heavy atom. The first-order valence-corrected chi connectivity index (χ1v) is 9.33. The summed E-state index contributed by atoms with van der Waals surface area (Å²) in [5.74, 6) is 0.679. The third-order valence-corrected chi connectivity index (χ3v) is 4.31. The Morgan fingerprint density at radius 1 is 1.04 bits per heavy atom. The number of hydrogen-bond donors (Lipinski definition) is 3. The van der Waals surface area contributed by atoms with Gasteiger partial charge in [-0.2, -0.15) is 0 Å². The normalized spacial score (nSPS) is 10.6. The second-order valence-corrected chi connectivity index (χ2v) is 6.85. The Morgan fingerprint density at radius 2 is 1.82 bits per heavy atom. The molecule has 0 unspecified atom stereocenters. The van der Waals surface area contributed by atoms with E-state index in [4.69, 9.17) is 39.8 Å². The second-order valence-electron chi connectivity index (χ2n) is 5.59. The number of hydrogen-bond acceptors (Lipinski definition) is 4. The van der Waals surface area contributed by atoms with Crippen LogP contribution >= 0.6 is 35.4 Å². The molecule has 0 atom stereocenters. The van der Waals surface area contributed by atoms with Crippen LogP contribution in [0.1, 0.15) is 5.76 Å². The maximum Gasteiger partial charge on any atom is 0.250 e. The topological polar surface area (TPSA) is 66.3 Å². The van der Waals surface area contributed by atoms with Crippen LogP contribution in [0.3, 0.4) is 0 Å². The van der Waals surface area contributed by atoms with E-state index in [1.54, 1.807) is 30.3 Å². The van der Waals surface area contributed by atoms with Gasteiger partial charge in [-0.1, -0.05) is 41.4 Å². The fraction of sp³-hybridized carbons (Fsp3) is 0. The van der Waals surface area contributed by atoms with Crippen molar-refractivity contribution in [3.63, 3.8) is 0 Å². The van der Waals surface area contributed by atoms with Crippen molar-refractivity contribution >= 4 is 58.2 Å². The predicted octanol–water partition coefficient (Wildman–Crippen LogP) is 5.28. The highest BCUT2D eigenvalue weighted by Crippen LogP contribution is 2.31. The van der Waals surface area contributed by atoms with Gasteiger partial charge in [-0.05, 0) is 60.8 Å². The van der Waals surface area contributed by atoms with Gasteiger partial charge < -0.3 is 4.42 Å². The number of anilines is 1. The molecule has 5 nitrogen and oxygen atoms in total. The Labute approximate surface area is 177 Å². The number of carbonyl (C=O) groups excluding carboxylic acids is 1. The highest BCUT2D eigenvalue weighted by molar-refractivity contribution is 7.80. The van der Waals surface area contributed by atoms with Gasteiger partial charge in [-0.25, -0.2) is 0 Å². The molecule has 0 aliphatic carbocycles. The Bertz CT molecular complexity index is 1020. The molecule has 0 saturated heterocycles. The molecule has 1 aromatic heterocycles. The zero-order chi connectivity index (χ0) is 19.9. The van der Waals surface area contributed by atoms with E-state index >= 15 is 0 Å². The summed E-state index contributed by atoms with van der Waals surface area (Å²) in [6.07, 6.45) is 2.86. The Hall–Kier alpha value is -2.80. The van der Waals surface area contributed by atoms with E-state index in [0.29, 0.717) is 27.1 Å². The summed E-state index contributed by atoms with van der Waals surface area (Å²) in [5, 5.41) is 3.70. The molecule has 8 heteroatoms. The molecule has 0 aliphatic heterocycles. The number of halogens is 2. The number of furan rings is 1. The first-order valence-electron chi connectivity index (χ1n) is 8.16. The summed E-state index contributed by atoms with van der Waals surface area (Å²) < 4.78 is 5.70. The molecule has 142 valence electrons. The van der Waals surface area contributed by atoms with Crippen LogP contribution in [-0.2, 0) is 4.79 Å². The van der Waals surface area contributed by atoms with Gasteiger partial charge in [-0.15, -0.1) is 0 Å². The van der Waals surface area contributed by atoms with E-state index in [1.165, 1.54) is 12.2 Å². The molecule has 0 bridgehead atoms. The zero-order valence-corrected chi connectivity index (χ0v) is 16.7. The van der Waals surface area contributed by atoms with Gasteiger partial charge in [0.2, 0.25) is 5.91 Å². The number of nitrogens with one attached hydrogen (secondary N) is 3. The Balaban J connectivity index is 1.54. The van der Waals surface area contributed by atoms with Crippen molar-refractivity contribution in [2.24, 2.45) is 0 Å². The lowest BCUT2D eigenvalue weighted by Crippen LogP contribution is -2.41. The standard InChI is InChI=1S/C20H15Cl2N3O2S/c21-13-6-9-16(17(22)12-13)18-10-7-15(27-18)8-11-19(26)23-20(28)25-24-14-4-2-1-3-5-14/h1-12,24H,(H2,23,25,26,28). The number of hydrazine groups is 1. The Kier molecular flexibility index (Phi) is 6.71. The van der Waals surface area contributed by atoms with Crippen molar-refractivity contribution in [3.05, 3.63) is 82.5 Å². The smallest absolute Gasteiger partial charge is 0.250 e. The number of amides is 1. The lowest BCUT2D eigenvalue weighted by Gasteiger charge is -2.10. The summed E-state index contributed by atoms with van der Waals surface area (Å²) >= 11 is 17.1. The van der Waals surface area contributed by atoms with Crippen molar-refractivity contribution in [2.75, 3.05) is 5.43 Å². The molecule has 3 aromatic rings. The molecular weight excluding hydrogens is 417 g/mol. The van der Waals surface area contributed by atoms with Gasteiger partial charge in [0.1, 0.15) is 11.5 Å². The van der Waals surface area contributed by atoms with Crippen molar-refractivity contribution in [2.45, 2.75) is 0 Å². The summed E-state index contributed by atoms with van der Waals surface area (Å²) in [5.41, 5.74) is 7.15. The summed E-state index contributed by atoms with van der Waals surface area (Å²) in [7, 11) is 0. The summed E-state index contributed by atoms with van der Waals surface area (Å²) in [6, 6.07) is 18.0. The molecule has 0 aliphatic rings. The maximum absolute atomic E-state index is 12.0. The molecule has 2 aromatic carbocycles. The third-order valence-electron chi connectivity index (χ3n) is 3.55. The highest BCUT2D eigenvalue weighted by Gasteiger charge is 2.08. The van der Waals surface area contributed by atoms with E-state index in [0.717, 1.165) is 5.69 Å². The first-order chi connectivity index (χ1) is 13.5. The van der Waals surface area contributed by atoms with Crippen LogP contribution < -0.4 is 16.2 Å². The fourth-order valence-electron chi connectivity index (χ4n) is 2.27. The van der Waals surface area contributed by atoms with Crippen molar-refractivity contribution in [3.8, 4) is 11.3 Å². The molecule has 1 heterocycles. The van der Waals surface area contributed by atoms with E-state index in [-0.39, 0.29) is 5.11 Å². The predicted molar refractivity (Wildman–Crippen MR) is 117 cm³/mol. The van der Waals surface area contributed by atoms with E-state index in [1.807, 2.05) is 30.3 Å². The van der Waals surface area contributed by atoms with Crippen LogP contribution in [0, 0.1) is 0 Å².